The van der Waals surface area contributed by atoms with Crippen molar-refractivity contribution in [1.29, 1.82) is 0 Å². The van der Waals surface area contributed by atoms with Crippen molar-refractivity contribution in [2.75, 3.05) is 6.54 Å². The molecule has 1 atom stereocenters. The van der Waals surface area contributed by atoms with Crippen LogP contribution < -0.4 is 11.1 Å². The highest BCUT2D eigenvalue weighted by Gasteiger charge is 2.49. The monoisotopic (exact) mass is 546 g/mol. The number of alkyl halides is 1. The molecule has 0 bridgehead atoms. The van der Waals surface area contributed by atoms with Crippen LogP contribution in [0, 0.1) is 19.3 Å². The van der Waals surface area contributed by atoms with Crippen molar-refractivity contribution in [2.24, 2.45) is 11.1 Å². The number of amides is 3. The van der Waals surface area contributed by atoms with Crippen LogP contribution >= 0.6 is 11.3 Å². The summed E-state index contributed by atoms with van der Waals surface area (Å²) in [6, 6.07) is 5.96. The molecule has 1 aromatic heterocycles. The Labute approximate surface area is 230 Å². The van der Waals surface area contributed by atoms with Crippen molar-refractivity contribution in [2.45, 2.75) is 98.8 Å². The van der Waals surface area contributed by atoms with E-state index in [1.807, 2.05) is 26.3 Å². The van der Waals surface area contributed by atoms with E-state index < -0.39 is 11.6 Å². The van der Waals surface area contributed by atoms with E-state index in [9.17, 15) is 18.8 Å². The van der Waals surface area contributed by atoms with E-state index >= 15 is 0 Å². The predicted octanol–water partition coefficient (Wildman–Crippen LogP) is 5.47. The van der Waals surface area contributed by atoms with Crippen LogP contribution in [0.25, 0.3) is 10.4 Å². The summed E-state index contributed by atoms with van der Waals surface area (Å²) in [5.41, 5.74) is 9.23. The van der Waals surface area contributed by atoms with Crippen LogP contribution in [-0.2, 0) is 20.9 Å². The third-order valence-electron chi connectivity index (χ3n) is 6.49. The molecule has 1 saturated carbocycles. The molecule has 4 rings (SSSR count). The first kappa shape index (κ1) is 31.4. The summed E-state index contributed by atoms with van der Waals surface area (Å²) in [6.07, 6.45) is 2.74. The number of thiazole rings is 1. The van der Waals surface area contributed by atoms with E-state index in [0.717, 1.165) is 35.2 Å². The molecule has 1 aromatic carbocycles. The Hall–Kier alpha value is -2.81. The number of likely N-dealkylation sites (tertiary alicyclic amines) is 1. The Morgan fingerprint density at radius 2 is 1.87 bits per heavy atom. The molecule has 1 saturated heterocycles. The van der Waals surface area contributed by atoms with Gasteiger partial charge in [-0.1, -0.05) is 52.8 Å². The smallest absolute Gasteiger partial charge is 0.255 e. The molecule has 3 amide bonds. The highest BCUT2D eigenvalue weighted by atomic mass is 32.1. The maximum Gasteiger partial charge on any atom is 0.255 e. The van der Waals surface area contributed by atoms with Gasteiger partial charge in [-0.2, -0.15) is 0 Å². The summed E-state index contributed by atoms with van der Waals surface area (Å²) in [7, 11) is 0. The molecule has 2 aromatic rings. The minimum atomic E-state index is -1.61. The van der Waals surface area contributed by atoms with E-state index in [4.69, 9.17) is 0 Å². The van der Waals surface area contributed by atoms with E-state index in [2.05, 4.69) is 61.9 Å². The van der Waals surface area contributed by atoms with Gasteiger partial charge in [0.2, 0.25) is 11.8 Å². The van der Waals surface area contributed by atoms with Crippen LogP contribution in [-0.4, -0.2) is 45.9 Å². The predicted molar refractivity (Wildman–Crippen MR) is 151 cm³/mol. The fourth-order valence-electron chi connectivity index (χ4n) is 4.16. The highest BCUT2D eigenvalue weighted by Crippen LogP contribution is 2.38. The summed E-state index contributed by atoms with van der Waals surface area (Å²) < 4.78 is 12.1. The second-order valence-electron chi connectivity index (χ2n) is 10.9. The van der Waals surface area contributed by atoms with Crippen molar-refractivity contribution in [3.63, 3.8) is 0 Å². The first-order chi connectivity index (χ1) is 17.8. The largest absolute Gasteiger partial charge is 0.367 e. The molecule has 2 fully saturated rings. The number of aromatic nitrogens is 1. The van der Waals surface area contributed by atoms with Crippen molar-refractivity contribution < 1.29 is 18.8 Å². The molecule has 0 spiro atoms. The van der Waals surface area contributed by atoms with Crippen LogP contribution in [0.4, 0.5) is 4.39 Å². The molecular weight excluding hydrogens is 503 g/mol. The summed E-state index contributed by atoms with van der Waals surface area (Å²) in [5.74, 6) is -0.783. The molecule has 3 N–H and O–H groups in total. The van der Waals surface area contributed by atoms with Gasteiger partial charge in [0.25, 0.3) is 5.91 Å². The van der Waals surface area contributed by atoms with Crippen LogP contribution in [0.3, 0.4) is 0 Å². The Kier molecular flexibility index (Phi) is 11.0. The molecule has 1 unspecified atom stereocenters. The number of primary amides is 1. The van der Waals surface area contributed by atoms with Gasteiger partial charge >= 0.3 is 0 Å². The number of hydrogen-bond donors (Lipinski definition) is 2. The molecule has 2 aliphatic rings. The Morgan fingerprint density at radius 1 is 1.21 bits per heavy atom. The van der Waals surface area contributed by atoms with Gasteiger partial charge in [0.15, 0.2) is 5.67 Å². The topological polar surface area (TPSA) is 105 Å². The van der Waals surface area contributed by atoms with Crippen LogP contribution in [0.15, 0.2) is 23.7 Å². The maximum atomic E-state index is 12.8. The Balaban J connectivity index is 0.000000481. The fourth-order valence-corrected chi connectivity index (χ4v) is 4.97. The van der Waals surface area contributed by atoms with Gasteiger partial charge in [0.05, 0.1) is 16.1 Å². The Bertz CT molecular complexity index is 1120. The summed E-state index contributed by atoms with van der Waals surface area (Å²) >= 11 is 1.64. The zero-order valence-corrected chi connectivity index (χ0v) is 24.6. The molecule has 0 radical (unpaired) electrons. The maximum absolute atomic E-state index is 12.8. The number of rotatable bonds is 6. The first-order valence-corrected chi connectivity index (χ1v) is 14.2. The number of nitrogens with two attached hydrogens (primary N) is 1. The van der Waals surface area contributed by atoms with E-state index in [1.54, 1.807) is 16.2 Å². The number of carbonyl (C=O) groups excluding carboxylic acids is 3. The highest BCUT2D eigenvalue weighted by molar-refractivity contribution is 7.13. The van der Waals surface area contributed by atoms with Gasteiger partial charge < -0.3 is 16.0 Å². The molecule has 38 heavy (non-hydrogen) atoms. The lowest BCUT2D eigenvalue weighted by molar-refractivity contribution is -0.139. The van der Waals surface area contributed by atoms with Crippen LogP contribution in [0.2, 0.25) is 0 Å². The van der Waals surface area contributed by atoms with Crippen LogP contribution in [0.5, 0.6) is 0 Å². The normalized spacial score (nSPS) is 17.5. The van der Waals surface area contributed by atoms with Crippen molar-refractivity contribution in [3.05, 3.63) is 40.5 Å². The Morgan fingerprint density at radius 3 is 2.34 bits per heavy atom. The molecule has 9 heteroatoms. The van der Waals surface area contributed by atoms with Gasteiger partial charge in [-0.05, 0) is 61.6 Å². The average Bonchev–Trinajstić information content (AvgIpc) is 3.22. The minimum absolute atomic E-state index is 0.0495. The molecule has 210 valence electrons. The lowest BCUT2D eigenvalue weighted by atomic mass is 9.91. The minimum Gasteiger partial charge on any atom is -0.367 e. The number of carbonyl (C=O) groups is 3. The van der Waals surface area contributed by atoms with Crippen molar-refractivity contribution >= 4 is 29.1 Å². The van der Waals surface area contributed by atoms with E-state index in [-0.39, 0.29) is 23.3 Å². The second-order valence-corrected chi connectivity index (χ2v) is 11.8. The van der Waals surface area contributed by atoms with E-state index in [0.29, 0.717) is 32.4 Å². The van der Waals surface area contributed by atoms with E-state index in [1.165, 1.54) is 4.88 Å². The molecular formula is C29H43FN4O3S. The summed E-state index contributed by atoms with van der Waals surface area (Å²) in [4.78, 5) is 42.6. The van der Waals surface area contributed by atoms with Gasteiger partial charge in [-0.3, -0.25) is 14.4 Å². The van der Waals surface area contributed by atoms with Gasteiger partial charge in [-0.25, -0.2) is 9.37 Å². The molecule has 1 aliphatic heterocycles. The zero-order chi connectivity index (χ0) is 28.7. The van der Waals surface area contributed by atoms with Crippen LogP contribution in [0.1, 0.15) is 83.5 Å². The number of halogens is 1. The summed E-state index contributed by atoms with van der Waals surface area (Å²) in [6.45, 7) is 15.4. The number of benzene rings is 1. The SMILES string of the molecule is CC.Cc1cc(-c2scnc2C)ccc1CNC(=O)C1CCCN1C(=O)CC(C)(C)C.NC(=O)C1(F)CC1. The second kappa shape index (κ2) is 13.3. The average molecular weight is 547 g/mol. The number of nitrogens with zero attached hydrogens (tertiary/aromatic N) is 2. The lowest BCUT2D eigenvalue weighted by Crippen LogP contribution is -2.46. The third-order valence-corrected chi connectivity index (χ3v) is 7.47. The molecule has 1 aliphatic carbocycles. The molecule has 2 heterocycles. The number of aryl methyl sites for hydroxylation is 2. The number of hydrogen-bond acceptors (Lipinski definition) is 5. The third kappa shape index (κ3) is 8.61. The molecule has 7 nitrogen and oxygen atoms in total. The lowest BCUT2D eigenvalue weighted by Gasteiger charge is -2.27. The zero-order valence-electron chi connectivity index (χ0n) is 23.8. The standard InChI is InChI=1S/C23H31N3O2S.C4H6FNO.C2H6/c1-15-11-17(21-16(2)25-14-29-21)8-9-18(15)13-24-22(28)19-7-6-10-26(19)20(27)12-23(3,4)5;5-4(1-2-4)3(6)7;1-2/h8-9,11,14,19H,6-7,10,12-13H2,1-5H3,(H,24,28);1-2H2,(H2,6,7);1-2H3. The quantitative estimate of drug-likeness (QED) is 0.501. The summed E-state index contributed by atoms with van der Waals surface area (Å²) in [5, 5.41) is 3.05. The van der Waals surface area contributed by atoms with Crippen molar-refractivity contribution in [3.8, 4) is 10.4 Å². The number of nitrogens with one attached hydrogen (secondary N) is 1. The van der Waals surface area contributed by atoms with Gasteiger partial charge in [-0.15, -0.1) is 11.3 Å². The van der Waals surface area contributed by atoms with Gasteiger partial charge in [0.1, 0.15) is 6.04 Å². The fraction of sp³-hybridized carbons (Fsp3) is 0.586. The van der Waals surface area contributed by atoms with Gasteiger partial charge in [0, 0.05) is 19.5 Å². The van der Waals surface area contributed by atoms with Crippen molar-refractivity contribution in [1.82, 2.24) is 15.2 Å². The first-order valence-electron chi connectivity index (χ1n) is 13.4.